The zero-order chi connectivity index (χ0) is 18.4. The zero-order valence-electron chi connectivity index (χ0n) is 15.3. The normalized spacial score (nSPS) is 27.4. The topological polar surface area (TPSA) is 101 Å². The van der Waals surface area contributed by atoms with E-state index in [2.05, 4.69) is 20.2 Å². The molecule has 27 heavy (non-hydrogen) atoms. The second-order valence-corrected chi connectivity index (χ2v) is 7.99. The van der Waals surface area contributed by atoms with Crippen molar-refractivity contribution >= 4 is 22.9 Å². The van der Waals surface area contributed by atoms with Crippen LogP contribution in [0.25, 0.3) is 11.0 Å². The van der Waals surface area contributed by atoms with Gasteiger partial charge in [0.2, 0.25) is 5.95 Å². The predicted octanol–water partition coefficient (Wildman–Crippen LogP) is 1.40. The van der Waals surface area contributed by atoms with Crippen LogP contribution in [0.3, 0.4) is 0 Å². The number of hydrogen-bond donors (Lipinski definition) is 3. The van der Waals surface area contributed by atoms with Gasteiger partial charge in [-0.15, -0.1) is 0 Å². The van der Waals surface area contributed by atoms with Crippen LogP contribution in [0.2, 0.25) is 0 Å². The van der Waals surface area contributed by atoms with E-state index >= 15 is 0 Å². The lowest BCUT2D eigenvalue weighted by atomic mass is 9.80. The van der Waals surface area contributed by atoms with Gasteiger partial charge in [-0.05, 0) is 25.3 Å². The van der Waals surface area contributed by atoms with Crippen LogP contribution in [-0.4, -0.2) is 57.5 Å². The Balaban J connectivity index is 1.56. The van der Waals surface area contributed by atoms with Crippen molar-refractivity contribution in [2.24, 2.45) is 0 Å². The standard InChI is InChI=1S/C19H25N5O3/c25-15-10-27-7-4-13(15)22-18-20-9-12-8-14-17(26)21-11-19(5-2-1-3-6-19)24(14)16(12)23-18/h8-9,13,15,25H,1-7,10-11H2,(H,21,26)(H,20,22,23)/t13-,15-/m1/s1. The van der Waals surface area contributed by atoms with Gasteiger partial charge in [0.25, 0.3) is 5.91 Å². The van der Waals surface area contributed by atoms with Gasteiger partial charge in [-0.2, -0.15) is 4.98 Å². The van der Waals surface area contributed by atoms with Crippen molar-refractivity contribution in [2.45, 2.75) is 56.2 Å². The molecule has 144 valence electrons. The molecule has 2 aromatic rings. The summed E-state index contributed by atoms with van der Waals surface area (Å²) < 4.78 is 7.45. The first-order chi connectivity index (χ1) is 13.2. The molecular formula is C19H25N5O3. The number of aromatic nitrogens is 3. The third-order valence-electron chi connectivity index (χ3n) is 6.25. The molecule has 3 N–H and O–H groups in total. The molecule has 1 saturated heterocycles. The van der Waals surface area contributed by atoms with Gasteiger partial charge in [0, 0.05) is 24.7 Å². The SMILES string of the molecule is O=C1NCC2(CCCCC2)n2c1cc1cnc(N[C@@H]3CCOC[C@H]3O)nc12. The molecular weight excluding hydrogens is 346 g/mol. The molecule has 8 nitrogen and oxygen atoms in total. The fourth-order valence-corrected chi connectivity index (χ4v) is 4.79. The Bertz CT molecular complexity index is 874. The molecule has 2 atom stereocenters. The van der Waals surface area contributed by atoms with E-state index in [9.17, 15) is 9.90 Å². The highest BCUT2D eigenvalue weighted by Gasteiger charge is 2.41. The second-order valence-electron chi connectivity index (χ2n) is 7.99. The number of rotatable bonds is 2. The van der Waals surface area contributed by atoms with E-state index in [0.29, 0.717) is 37.8 Å². The van der Waals surface area contributed by atoms with Crippen LogP contribution < -0.4 is 10.6 Å². The number of ether oxygens (including phenoxy) is 1. The maximum atomic E-state index is 12.5. The third-order valence-corrected chi connectivity index (χ3v) is 6.25. The van der Waals surface area contributed by atoms with Gasteiger partial charge in [0.15, 0.2) is 0 Å². The van der Waals surface area contributed by atoms with Gasteiger partial charge in [0.05, 0.1) is 24.3 Å². The molecule has 0 aromatic carbocycles. The smallest absolute Gasteiger partial charge is 0.268 e. The van der Waals surface area contributed by atoms with Crippen molar-refractivity contribution in [3.05, 3.63) is 18.0 Å². The number of carbonyl (C=O) groups is 1. The average molecular weight is 371 g/mol. The summed E-state index contributed by atoms with van der Waals surface area (Å²) in [7, 11) is 0. The predicted molar refractivity (Wildman–Crippen MR) is 99.8 cm³/mol. The highest BCUT2D eigenvalue weighted by molar-refractivity contribution is 5.99. The Morgan fingerprint density at radius 3 is 3.00 bits per heavy atom. The Hall–Kier alpha value is -2.19. The van der Waals surface area contributed by atoms with Crippen molar-refractivity contribution < 1.29 is 14.6 Å². The number of nitrogens with one attached hydrogen (secondary N) is 2. The van der Waals surface area contributed by atoms with E-state index in [-0.39, 0.29) is 17.5 Å². The van der Waals surface area contributed by atoms with Gasteiger partial charge in [-0.25, -0.2) is 4.98 Å². The highest BCUT2D eigenvalue weighted by atomic mass is 16.5. The molecule has 0 radical (unpaired) electrons. The van der Waals surface area contributed by atoms with E-state index in [4.69, 9.17) is 9.72 Å². The van der Waals surface area contributed by atoms with Gasteiger partial charge >= 0.3 is 0 Å². The lowest BCUT2D eigenvalue weighted by Crippen LogP contribution is -2.52. The van der Waals surface area contributed by atoms with Crippen LogP contribution in [0, 0.1) is 0 Å². The second kappa shape index (κ2) is 6.45. The largest absolute Gasteiger partial charge is 0.389 e. The summed E-state index contributed by atoms with van der Waals surface area (Å²) >= 11 is 0. The van der Waals surface area contributed by atoms with E-state index in [1.54, 1.807) is 6.20 Å². The fourth-order valence-electron chi connectivity index (χ4n) is 4.79. The van der Waals surface area contributed by atoms with Gasteiger partial charge in [-0.1, -0.05) is 19.3 Å². The van der Waals surface area contributed by atoms with Crippen molar-refractivity contribution in [2.75, 3.05) is 25.1 Å². The summed E-state index contributed by atoms with van der Waals surface area (Å²) in [6.07, 6.45) is 7.58. The highest BCUT2D eigenvalue weighted by Crippen LogP contribution is 2.40. The number of amides is 1. The number of fused-ring (bicyclic) bond motifs is 4. The summed E-state index contributed by atoms with van der Waals surface area (Å²) in [6.45, 7) is 1.60. The van der Waals surface area contributed by atoms with Crippen LogP contribution in [-0.2, 0) is 10.3 Å². The molecule has 2 aromatic heterocycles. The first-order valence-corrected chi connectivity index (χ1v) is 9.86. The number of anilines is 1. The lowest BCUT2D eigenvalue weighted by Gasteiger charge is -2.42. The summed E-state index contributed by atoms with van der Waals surface area (Å²) in [4.78, 5) is 21.7. The van der Waals surface area contributed by atoms with Crippen molar-refractivity contribution in [3.63, 3.8) is 0 Å². The van der Waals surface area contributed by atoms with Gasteiger partial charge in [0.1, 0.15) is 11.3 Å². The minimum atomic E-state index is -0.574. The number of carbonyl (C=O) groups excluding carboxylic acids is 1. The Labute approximate surface area is 157 Å². The van der Waals surface area contributed by atoms with Crippen LogP contribution >= 0.6 is 0 Å². The van der Waals surface area contributed by atoms with E-state index in [0.717, 1.165) is 23.9 Å². The van der Waals surface area contributed by atoms with Crippen LogP contribution in [0.5, 0.6) is 0 Å². The Morgan fingerprint density at radius 1 is 1.33 bits per heavy atom. The number of aliphatic hydroxyl groups excluding tert-OH is 1. The minimum absolute atomic E-state index is 0.0430. The van der Waals surface area contributed by atoms with Gasteiger partial charge < -0.3 is 25.0 Å². The molecule has 1 amide bonds. The average Bonchev–Trinajstić information content (AvgIpc) is 3.08. The van der Waals surface area contributed by atoms with Crippen LogP contribution in [0.1, 0.15) is 49.0 Å². The molecule has 0 unspecified atom stereocenters. The summed E-state index contributed by atoms with van der Waals surface area (Å²) in [5.74, 6) is 0.449. The summed E-state index contributed by atoms with van der Waals surface area (Å²) in [5, 5.41) is 17.3. The van der Waals surface area contributed by atoms with Gasteiger partial charge in [-0.3, -0.25) is 4.79 Å². The zero-order valence-corrected chi connectivity index (χ0v) is 15.3. The number of nitrogens with zero attached hydrogens (tertiary/aromatic N) is 3. The van der Waals surface area contributed by atoms with E-state index in [1.165, 1.54) is 19.3 Å². The molecule has 0 bridgehead atoms. The van der Waals surface area contributed by atoms with E-state index in [1.807, 2.05) is 6.07 Å². The molecule has 3 aliphatic rings. The monoisotopic (exact) mass is 371 g/mol. The van der Waals surface area contributed by atoms with Crippen LogP contribution in [0.15, 0.2) is 12.3 Å². The maximum absolute atomic E-state index is 12.5. The molecule has 2 fully saturated rings. The molecule has 5 rings (SSSR count). The fraction of sp³-hybridized carbons (Fsp3) is 0.632. The molecule has 1 spiro atoms. The Kier molecular flexibility index (Phi) is 4.05. The number of aliphatic hydroxyl groups is 1. The van der Waals surface area contributed by atoms with Crippen molar-refractivity contribution in [1.29, 1.82) is 0 Å². The first kappa shape index (κ1) is 16.9. The quantitative estimate of drug-likeness (QED) is 0.738. The van der Waals surface area contributed by atoms with Crippen molar-refractivity contribution in [1.82, 2.24) is 19.9 Å². The first-order valence-electron chi connectivity index (χ1n) is 9.86. The molecule has 8 heteroatoms. The summed E-state index contributed by atoms with van der Waals surface area (Å²) in [6, 6.07) is 1.77. The molecule has 1 saturated carbocycles. The summed E-state index contributed by atoms with van der Waals surface area (Å²) in [5.41, 5.74) is 1.39. The molecule has 2 aliphatic heterocycles. The lowest BCUT2D eigenvalue weighted by molar-refractivity contribution is -0.0136. The van der Waals surface area contributed by atoms with Crippen LogP contribution in [0.4, 0.5) is 5.95 Å². The molecule has 1 aliphatic carbocycles. The maximum Gasteiger partial charge on any atom is 0.268 e. The number of hydrogen-bond acceptors (Lipinski definition) is 6. The minimum Gasteiger partial charge on any atom is -0.389 e. The molecule has 4 heterocycles. The Morgan fingerprint density at radius 2 is 2.19 bits per heavy atom. The van der Waals surface area contributed by atoms with E-state index < -0.39 is 6.10 Å². The third kappa shape index (κ3) is 2.78. The van der Waals surface area contributed by atoms with Crippen molar-refractivity contribution in [3.8, 4) is 0 Å².